The van der Waals surface area contributed by atoms with E-state index in [9.17, 15) is 4.79 Å². The van der Waals surface area contributed by atoms with Crippen molar-refractivity contribution in [3.05, 3.63) is 72.3 Å². The van der Waals surface area contributed by atoms with Crippen LogP contribution in [-0.2, 0) is 4.74 Å². The highest BCUT2D eigenvalue weighted by Crippen LogP contribution is 2.25. The van der Waals surface area contributed by atoms with Gasteiger partial charge in [-0.15, -0.1) is 0 Å². The number of allylic oxidation sites excluding steroid dienone is 1. The summed E-state index contributed by atoms with van der Waals surface area (Å²) in [6.07, 6.45) is 1.50. The summed E-state index contributed by atoms with van der Waals surface area (Å²) < 4.78 is 5.33. The van der Waals surface area contributed by atoms with E-state index in [1.54, 1.807) is 4.90 Å². The third-order valence-corrected chi connectivity index (χ3v) is 2.91. The second-order valence-electron chi connectivity index (χ2n) is 4.86. The van der Waals surface area contributed by atoms with Crippen LogP contribution in [0, 0.1) is 0 Å². The summed E-state index contributed by atoms with van der Waals surface area (Å²) in [5.74, 6) is 0. The molecule has 0 heterocycles. The van der Waals surface area contributed by atoms with Gasteiger partial charge in [-0.2, -0.15) is 0 Å². The van der Waals surface area contributed by atoms with Crippen LogP contribution in [0.5, 0.6) is 0 Å². The standard InChI is InChI=1S/C18H19NO2/c1-15(2)13-14-21-18(20)19(16-9-5-3-6-10-16)17-11-7-4-8-12-17/h3-13H,14H2,1-2H3. The summed E-state index contributed by atoms with van der Waals surface area (Å²) >= 11 is 0. The minimum Gasteiger partial charge on any atom is -0.445 e. The van der Waals surface area contributed by atoms with Gasteiger partial charge in [0.05, 0.1) is 11.4 Å². The van der Waals surface area contributed by atoms with Gasteiger partial charge in [0.15, 0.2) is 0 Å². The number of ether oxygens (including phenoxy) is 1. The Morgan fingerprint density at radius 2 is 1.43 bits per heavy atom. The first-order chi connectivity index (χ1) is 10.2. The fourth-order valence-electron chi connectivity index (χ4n) is 1.86. The second kappa shape index (κ2) is 7.29. The van der Waals surface area contributed by atoms with Gasteiger partial charge >= 0.3 is 6.09 Å². The first-order valence-corrected chi connectivity index (χ1v) is 6.89. The lowest BCUT2D eigenvalue weighted by atomic mass is 10.2. The predicted octanol–water partition coefficient (Wildman–Crippen LogP) is 4.93. The van der Waals surface area contributed by atoms with Gasteiger partial charge in [0.25, 0.3) is 0 Å². The molecule has 21 heavy (non-hydrogen) atoms. The van der Waals surface area contributed by atoms with Crippen molar-refractivity contribution in [1.29, 1.82) is 0 Å². The fourth-order valence-corrected chi connectivity index (χ4v) is 1.86. The van der Waals surface area contributed by atoms with Crippen LogP contribution in [0.15, 0.2) is 72.3 Å². The number of hydrogen-bond donors (Lipinski definition) is 0. The van der Waals surface area contributed by atoms with Gasteiger partial charge in [-0.25, -0.2) is 9.69 Å². The molecule has 2 rings (SSSR count). The molecule has 3 nitrogen and oxygen atoms in total. The van der Waals surface area contributed by atoms with Gasteiger partial charge in [0.1, 0.15) is 6.61 Å². The normalized spacial score (nSPS) is 9.81. The van der Waals surface area contributed by atoms with Crippen LogP contribution in [0.2, 0.25) is 0 Å². The number of benzene rings is 2. The maximum absolute atomic E-state index is 12.4. The van der Waals surface area contributed by atoms with Crippen molar-refractivity contribution in [3.8, 4) is 0 Å². The highest BCUT2D eigenvalue weighted by atomic mass is 16.6. The van der Waals surface area contributed by atoms with Crippen molar-refractivity contribution in [2.24, 2.45) is 0 Å². The molecule has 0 unspecified atom stereocenters. The van der Waals surface area contributed by atoms with Gasteiger partial charge in [0, 0.05) is 0 Å². The molecular weight excluding hydrogens is 262 g/mol. The van der Waals surface area contributed by atoms with Crippen LogP contribution in [0.3, 0.4) is 0 Å². The Hall–Kier alpha value is -2.55. The lowest BCUT2D eigenvalue weighted by Crippen LogP contribution is -2.26. The van der Waals surface area contributed by atoms with Crippen molar-refractivity contribution in [2.75, 3.05) is 11.5 Å². The Kier molecular flexibility index (Phi) is 5.16. The Morgan fingerprint density at radius 3 is 1.86 bits per heavy atom. The van der Waals surface area contributed by atoms with E-state index in [4.69, 9.17) is 4.74 Å². The topological polar surface area (TPSA) is 29.5 Å². The van der Waals surface area contributed by atoms with Crippen LogP contribution in [0.4, 0.5) is 16.2 Å². The van der Waals surface area contributed by atoms with Crippen LogP contribution in [0.1, 0.15) is 13.8 Å². The number of hydrogen-bond acceptors (Lipinski definition) is 2. The number of para-hydroxylation sites is 2. The van der Waals surface area contributed by atoms with E-state index in [-0.39, 0.29) is 12.7 Å². The predicted molar refractivity (Wildman–Crippen MR) is 85.8 cm³/mol. The molecule has 0 aromatic heterocycles. The average Bonchev–Trinajstić information content (AvgIpc) is 2.49. The number of amides is 1. The van der Waals surface area contributed by atoms with Crippen LogP contribution >= 0.6 is 0 Å². The van der Waals surface area contributed by atoms with Crippen molar-refractivity contribution < 1.29 is 9.53 Å². The molecule has 3 heteroatoms. The van der Waals surface area contributed by atoms with E-state index in [1.807, 2.05) is 80.6 Å². The molecule has 0 saturated carbocycles. The molecule has 0 spiro atoms. The number of rotatable bonds is 4. The van der Waals surface area contributed by atoms with E-state index >= 15 is 0 Å². The second-order valence-corrected chi connectivity index (χ2v) is 4.86. The van der Waals surface area contributed by atoms with Crippen molar-refractivity contribution in [1.82, 2.24) is 0 Å². The lowest BCUT2D eigenvalue weighted by Gasteiger charge is -2.22. The minimum absolute atomic E-state index is 0.275. The monoisotopic (exact) mass is 281 g/mol. The zero-order valence-corrected chi connectivity index (χ0v) is 12.3. The molecule has 108 valence electrons. The highest BCUT2D eigenvalue weighted by Gasteiger charge is 2.18. The average molecular weight is 281 g/mol. The van der Waals surface area contributed by atoms with E-state index in [0.29, 0.717) is 0 Å². The molecule has 0 radical (unpaired) electrons. The number of carbonyl (C=O) groups excluding carboxylic acids is 1. The smallest absolute Gasteiger partial charge is 0.419 e. The largest absolute Gasteiger partial charge is 0.445 e. The molecule has 0 atom stereocenters. The summed E-state index contributed by atoms with van der Waals surface area (Å²) in [7, 11) is 0. The number of carbonyl (C=O) groups is 1. The maximum Gasteiger partial charge on any atom is 0.419 e. The molecule has 0 saturated heterocycles. The molecule has 2 aromatic carbocycles. The zero-order valence-electron chi connectivity index (χ0n) is 12.3. The third kappa shape index (κ3) is 4.21. The van der Waals surface area contributed by atoms with E-state index in [2.05, 4.69) is 0 Å². The van der Waals surface area contributed by atoms with Crippen molar-refractivity contribution >= 4 is 17.5 Å². The van der Waals surface area contributed by atoms with Crippen molar-refractivity contribution in [3.63, 3.8) is 0 Å². The van der Waals surface area contributed by atoms with E-state index < -0.39 is 0 Å². The van der Waals surface area contributed by atoms with E-state index in [0.717, 1.165) is 16.9 Å². The molecule has 0 aliphatic rings. The summed E-state index contributed by atoms with van der Waals surface area (Å²) in [4.78, 5) is 14.0. The Labute approximate surface area is 125 Å². The number of anilines is 2. The Bertz CT molecular complexity index is 562. The summed E-state index contributed by atoms with van der Waals surface area (Å²) in [5.41, 5.74) is 2.69. The van der Waals surface area contributed by atoms with Gasteiger partial charge in [-0.3, -0.25) is 0 Å². The van der Waals surface area contributed by atoms with Crippen LogP contribution in [-0.4, -0.2) is 12.7 Å². The maximum atomic E-state index is 12.4. The zero-order chi connectivity index (χ0) is 15.1. The van der Waals surface area contributed by atoms with Gasteiger partial charge < -0.3 is 4.74 Å². The molecule has 0 N–H and O–H groups in total. The van der Waals surface area contributed by atoms with E-state index in [1.165, 1.54) is 0 Å². The first kappa shape index (κ1) is 14.9. The molecular formula is C18H19NO2. The summed E-state index contributed by atoms with van der Waals surface area (Å²) in [5, 5.41) is 0. The molecule has 0 fully saturated rings. The molecule has 2 aromatic rings. The Morgan fingerprint density at radius 1 is 0.952 bits per heavy atom. The lowest BCUT2D eigenvalue weighted by molar-refractivity contribution is 0.168. The van der Waals surface area contributed by atoms with Crippen LogP contribution in [0.25, 0.3) is 0 Å². The van der Waals surface area contributed by atoms with Gasteiger partial charge in [-0.1, -0.05) is 42.0 Å². The summed E-state index contributed by atoms with van der Waals surface area (Å²) in [6, 6.07) is 19.0. The summed E-state index contributed by atoms with van der Waals surface area (Å²) in [6.45, 7) is 4.22. The molecule has 0 aliphatic heterocycles. The minimum atomic E-state index is -0.384. The van der Waals surface area contributed by atoms with Gasteiger partial charge in [-0.05, 0) is 44.2 Å². The third-order valence-electron chi connectivity index (χ3n) is 2.91. The SMILES string of the molecule is CC(C)=CCOC(=O)N(c1ccccc1)c1ccccc1. The molecule has 0 bridgehead atoms. The quantitative estimate of drug-likeness (QED) is 0.744. The first-order valence-electron chi connectivity index (χ1n) is 6.89. The molecule has 0 aliphatic carbocycles. The fraction of sp³-hybridized carbons (Fsp3) is 0.167. The van der Waals surface area contributed by atoms with Crippen LogP contribution < -0.4 is 4.90 Å². The van der Waals surface area contributed by atoms with Crippen molar-refractivity contribution in [2.45, 2.75) is 13.8 Å². The Balaban J connectivity index is 2.25. The highest BCUT2D eigenvalue weighted by molar-refractivity contribution is 5.95. The van der Waals surface area contributed by atoms with Gasteiger partial charge in [0.2, 0.25) is 0 Å². The molecule has 1 amide bonds. The number of nitrogens with zero attached hydrogens (tertiary/aromatic N) is 1.